The fourth-order valence-corrected chi connectivity index (χ4v) is 4.39. The molecule has 0 N–H and O–H groups in total. The lowest BCUT2D eigenvalue weighted by Gasteiger charge is -2.29. The number of allylic oxidation sites excluding steroid dienone is 6. The number of hydrogen-bond donors (Lipinski definition) is 0. The van der Waals surface area contributed by atoms with Crippen LogP contribution in [0.15, 0.2) is 140 Å². The third-order valence-corrected chi connectivity index (χ3v) is 6.20. The molecule has 0 aliphatic heterocycles. The van der Waals surface area contributed by atoms with Crippen molar-refractivity contribution in [1.82, 2.24) is 4.98 Å². The van der Waals surface area contributed by atoms with E-state index < -0.39 is 0 Å². The number of rotatable bonds is 8. The first-order valence-electron chi connectivity index (χ1n) is 12.3. The summed E-state index contributed by atoms with van der Waals surface area (Å²) in [6, 6.07) is 29.9. The van der Waals surface area contributed by atoms with Crippen LogP contribution in [0.4, 0.5) is 11.4 Å². The number of pyridine rings is 1. The van der Waals surface area contributed by atoms with Crippen LogP contribution in [0.2, 0.25) is 0 Å². The fraction of sp³-hybridized carbons (Fsp3) is 0.0882. The Kier molecular flexibility index (Phi) is 8.10. The predicted molar refractivity (Wildman–Crippen MR) is 156 cm³/mol. The van der Waals surface area contributed by atoms with Crippen LogP contribution < -0.4 is 4.90 Å². The Bertz CT molecular complexity index is 1390. The topological polar surface area (TPSA) is 16.1 Å². The smallest absolute Gasteiger partial charge is 0.0540 e. The Labute approximate surface area is 215 Å². The van der Waals surface area contributed by atoms with Crippen LogP contribution in [0, 0.1) is 0 Å². The fourth-order valence-electron chi connectivity index (χ4n) is 4.39. The summed E-state index contributed by atoms with van der Waals surface area (Å²) in [5.41, 5.74) is 10.1. The average Bonchev–Trinajstić information content (AvgIpc) is 2.95. The van der Waals surface area contributed by atoms with Gasteiger partial charge in [-0.25, -0.2) is 0 Å². The van der Waals surface area contributed by atoms with E-state index in [-0.39, 0.29) is 0 Å². The predicted octanol–water partition coefficient (Wildman–Crippen LogP) is 9.62. The first kappa shape index (κ1) is 24.7. The van der Waals surface area contributed by atoms with E-state index in [9.17, 15) is 0 Å². The standard InChI is InChI=1S/C34H32N2/c1-5-13-31(8-4)36(32-20-17-28(18-21-32)27-14-10-9-11-15-27)34-22-19-29(30-16-12-23-35-25-30)24-33(34)26(6-2)7-3/h5-25H,2H2,1,3-4H3. The maximum atomic E-state index is 4.32. The number of anilines is 2. The molecule has 0 atom stereocenters. The maximum Gasteiger partial charge on any atom is 0.0540 e. The highest BCUT2D eigenvalue weighted by molar-refractivity contribution is 5.89. The zero-order valence-corrected chi connectivity index (χ0v) is 21.2. The van der Waals surface area contributed by atoms with Crippen molar-refractivity contribution in [3.63, 3.8) is 0 Å². The van der Waals surface area contributed by atoms with Crippen LogP contribution in [-0.4, -0.2) is 4.98 Å². The second-order valence-corrected chi connectivity index (χ2v) is 8.38. The average molecular weight is 469 g/mol. The van der Waals surface area contributed by atoms with E-state index in [1.807, 2.05) is 31.3 Å². The van der Waals surface area contributed by atoms with E-state index in [1.165, 1.54) is 11.1 Å². The van der Waals surface area contributed by atoms with Gasteiger partial charge < -0.3 is 4.90 Å². The SMILES string of the molecule is C=CC(=CC)c1cc(-c2cccnc2)ccc1N(C(C=CC)=CC)c1ccc(-c2ccccc2)cc1. The van der Waals surface area contributed by atoms with E-state index in [0.29, 0.717) is 0 Å². The Hall–Kier alpha value is -4.43. The molecule has 3 aromatic carbocycles. The van der Waals surface area contributed by atoms with Crippen molar-refractivity contribution in [2.24, 2.45) is 0 Å². The molecule has 1 aromatic heterocycles. The van der Waals surface area contributed by atoms with E-state index >= 15 is 0 Å². The lowest BCUT2D eigenvalue weighted by atomic mass is 9.96. The summed E-state index contributed by atoms with van der Waals surface area (Å²) in [6.45, 7) is 10.3. The Morgan fingerprint density at radius 3 is 2.06 bits per heavy atom. The molecule has 0 unspecified atom stereocenters. The molecule has 0 aliphatic carbocycles. The summed E-state index contributed by atoms with van der Waals surface area (Å²) in [5, 5.41) is 0. The van der Waals surface area contributed by atoms with Gasteiger partial charge >= 0.3 is 0 Å². The summed E-state index contributed by atoms with van der Waals surface area (Å²) in [6.07, 6.45) is 14.1. The molecule has 0 aliphatic rings. The van der Waals surface area contributed by atoms with Crippen molar-refractivity contribution >= 4 is 16.9 Å². The Morgan fingerprint density at radius 1 is 0.750 bits per heavy atom. The van der Waals surface area contributed by atoms with Crippen LogP contribution in [0.3, 0.4) is 0 Å². The lowest BCUT2D eigenvalue weighted by molar-refractivity contribution is 1.19. The van der Waals surface area contributed by atoms with Crippen molar-refractivity contribution < 1.29 is 0 Å². The largest absolute Gasteiger partial charge is 0.310 e. The molecular weight excluding hydrogens is 436 g/mol. The minimum absolute atomic E-state index is 1.08. The van der Waals surface area contributed by atoms with Gasteiger partial charge in [0.25, 0.3) is 0 Å². The molecular formula is C34H32N2. The van der Waals surface area contributed by atoms with Crippen molar-refractivity contribution in [3.05, 3.63) is 146 Å². The summed E-state index contributed by atoms with van der Waals surface area (Å²) in [5.74, 6) is 0. The first-order valence-corrected chi connectivity index (χ1v) is 12.3. The van der Waals surface area contributed by atoms with Crippen molar-refractivity contribution in [3.8, 4) is 22.3 Å². The molecule has 1 heterocycles. The first-order chi connectivity index (χ1) is 17.7. The molecule has 0 bridgehead atoms. The second kappa shape index (κ2) is 11.8. The van der Waals surface area contributed by atoms with Crippen LogP contribution in [0.1, 0.15) is 26.3 Å². The molecule has 178 valence electrons. The van der Waals surface area contributed by atoms with Crippen LogP contribution in [-0.2, 0) is 0 Å². The molecule has 2 nitrogen and oxygen atoms in total. The zero-order valence-electron chi connectivity index (χ0n) is 21.2. The summed E-state index contributed by atoms with van der Waals surface area (Å²) in [7, 11) is 0. The Balaban J connectivity index is 1.90. The van der Waals surface area contributed by atoms with Gasteiger partial charge in [0.05, 0.1) is 5.69 Å². The summed E-state index contributed by atoms with van der Waals surface area (Å²) >= 11 is 0. The summed E-state index contributed by atoms with van der Waals surface area (Å²) < 4.78 is 0. The number of benzene rings is 3. The van der Waals surface area contributed by atoms with Crippen LogP contribution in [0.5, 0.6) is 0 Å². The van der Waals surface area contributed by atoms with Gasteiger partial charge in [-0.1, -0.05) is 85.5 Å². The van der Waals surface area contributed by atoms with Gasteiger partial charge in [0.2, 0.25) is 0 Å². The minimum Gasteiger partial charge on any atom is -0.310 e. The highest BCUT2D eigenvalue weighted by Gasteiger charge is 2.18. The van der Waals surface area contributed by atoms with E-state index in [0.717, 1.165) is 39.3 Å². The molecule has 4 rings (SSSR count). The third kappa shape index (κ3) is 5.29. The normalized spacial score (nSPS) is 12.1. The molecule has 0 fully saturated rings. The summed E-state index contributed by atoms with van der Waals surface area (Å²) in [4.78, 5) is 6.63. The van der Waals surface area contributed by atoms with E-state index in [2.05, 4.69) is 127 Å². The van der Waals surface area contributed by atoms with Gasteiger partial charge in [0.15, 0.2) is 0 Å². The highest BCUT2D eigenvalue weighted by atomic mass is 15.1. The second-order valence-electron chi connectivity index (χ2n) is 8.38. The molecule has 0 spiro atoms. The quantitative estimate of drug-likeness (QED) is 0.239. The van der Waals surface area contributed by atoms with E-state index in [4.69, 9.17) is 0 Å². The third-order valence-electron chi connectivity index (χ3n) is 6.20. The molecule has 0 saturated carbocycles. The number of aromatic nitrogens is 1. The molecule has 2 heteroatoms. The molecule has 0 radical (unpaired) electrons. The van der Waals surface area contributed by atoms with Gasteiger partial charge in [-0.15, -0.1) is 0 Å². The monoisotopic (exact) mass is 468 g/mol. The maximum absolute atomic E-state index is 4.32. The lowest BCUT2D eigenvalue weighted by Crippen LogP contribution is -2.17. The highest BCUT2D eigenvalue weighted by Crippen LogP contribution is 2.39. The van der Waals surface area contributed by atoms with Crippen molar-refractivity contribution in [2.75, 3.05) is 4.90 Å². The number of hydrogen-bond acceptors (Lipinski definition) is 2. The van der Waals surface area contributed by atoms with Gasteiger partial charge in [-0.3, -0.25) is 4.98 Å². The molecule has 4 aromatic rings. The molecule has 36 heavy (non-hydrogen) atoms. The zero-order chi connectivity index (χ0) is 25.3. The van der Waals surface area contributed by atoms with Crippen LogP contribution >= 0.6 is 0 Å². The molecule has 0 amide bonds. The number of nitrogens with zero attached hydrogens (tertiary/aromatic N) is 2. The van der Waals surface area contributed by atoms with Gasteiger partial charge in [0.1, 0.15) is 0 Å². The minimum atomic E-state index is 1.08. The van der Waals surface area contributed by atoms with Gasteiger partial charge in [0, 0.05) is 34.9 Å². The van der Waals surface area contributed by atoms with Crippen molar-refractivity contribution in [1.29, 1.82) is 0 Å². The Morgan fingerprint density at radius 2 is 1.44 bits per heavy atom. The van der Waals surface area contributed by atoms with E-state index in [1.54, 1.807) is 6.20 Å². The van der Waals surface area contributed by atoms with Crippen molar-refractivity contribution in [2.45, 2.75) is 20.8 Å². The van der Waals surface area contributed by atoms with Crippen LogP contribution in [0.25, 0.3) is 27.8 Å². The molecule has 0 saturated heterocycles. The van der Waals surface area contributed by atoms with Gasteiger partial charge in [-0.05, 0) is 79.4 Å². The van der Waals surface area contributed by atoms with Gasteiger partial charge in [-0.2, -0.15) is 0 Å².